The maximum absolute atomic E-state index is 13.0. The maximum atomic E-state index is 13.0. The van der Waals surface area contributed by atoms with Crippen LogP contribution in [0.1, 0.15) is 0 Å². The quantitative estimate of drug-likeness (QED) is 0.905. The van der Waals surface area contributed by atoms with E-state index in [1.165, 1.54) is 0 Å². The largest absolute Gasteiger partial charge is 0.481 e. The van der Waals surface area contributed by atoms with Crippen molar-refractivity contribution < 1.29 is 27.6 Å². The highest BCUT2D eigenvalue weighted by Crippen LogP contribution is 2.39. The first kappa shape index (κ1) is 16.6. The SMILES string of the molecule is O=C(O)[C@@H]1CN(c2nc(-c3cccc(Cl)c3)no2)C[C@H]1C(F)(F)F. The molecule has 1 saturated heterocycles. The van der Waals surface area contributed by atoms with Gasteiger partial charge in [0.05, 0.1) is 11.8 Å². The molecule has 2 atom stereocenters. The average molecular weight is 362 g/mol. The number of rotatable bonds is 3. The number of aromatic nitrogens is 2. The number of carboxylic acids is 1. The summed E-state index contributed by atoms with van der Waals surface area (Å²) in [6, 6.07) is 6.42. The highest BCUT2D eigenvalue weighted by Gasteiger charge is 2.53. The lowest BCUT2D eigenvalue weighted by Gasteiger charge is -2.17. The van der Waals surface area contributed by atoms with Crippen molar-refractivity contribution in [3.63, 3.8) is 0 Å². The van der Waals surface area contributed by atoms with Crippen molar-refractivity contribution in [2.45, 2.75) is 6.18 Å². The Morgan fingerprint density at radius 1 is 1.38 bits per heavy atom. The molecule has 1 aromatic heterocycles. The summed E-state index contributed by atoms with van der Waals surface area (Å²) in [4.78, 5) is 16.3. The van der Waals surface area contributed by atoms with Crippen molar-refractivity contribution in [3.8, 4) is 11.4 Å². The first-order chi connectivity index (χ1) is 11.3. The Labute approximate surface area is 138 Å². The van der Waals surface area contributed by atoms with Gasteiger partial charge in [0.25, 0.3) is 0 Å². The van der Waals surface area contributed by atoms with Gasteiger partial charge in [-0.1, -0.05) is 28.9 Å². The summed E-state index contributed by atoms with van der Waals surface area (Å²) in [6.07, 6.45) is -4.62. The molecular weight excluding hydrogens is 351 g/mol. The fourth-order valence-electron chi connectivity index (χ4n) is 2.63. The molecule has 1 aromatic carbocycles. The Morgan fingerprint density at radius 2 is 2.12 bits per heavy atom. The van der Waals surface area contributed by atoms with Crippen LogP contribution in [0.4, 0.5) is 19.2 Å². The van der Waals surface area contributed by atoms with E-state index < -0.39 is 30.5 Å². The fraction of sp³-hybridized carbons (Fsp3) is 0.357. The smallest absolute Gasteiger partial charge is 0.394 e. The zero-order valence-corrected chi connectivity index (χ0v) is 12.8. The van der Waals surface area contributed by atoms with E-state index in [4.69, 9.17) is 21.2 Å². The van der Waals surface area contributed by atoms with Crippen LogP contribution < -0.4 is 4.90 Å². The van der Waals surface area contributed by atoms with Gasteiger partial charge in [-0.3, -0.25) is 4.79 Å². The molecular formula is C14H11ClF3N3O3. The van der Waals surface area contributed by atoms with Crippen molar-refractivity contribution >= 4 is 23.6 Å². The summed E-state index contributed by atoms with van der Waals surface area (Å²) in [6.45, 7) is -0.895. The Hall–Kier alpha value is -2.29. The van der Waals surface area contributed by atoms with Gasteiger partial charge in [-0.15, -0.1) is 0 Å². The molecule has 0 spiro atoms. The third-order valence-electron chi connectivity index (χ3n) is 3.83. The summed E-state index contributed by atoms with van der Waals surface area (Å²) >= 11 is 5.87. The third-order valence-corrected chi connectivity index (χ3v) is 4.06. The summed E-state index contributed by atoms with van der Waals surface area (Å²) < 4.78 is 44.0. The van der Waals surface area contributed by atoms with Crippen molar-refractivity contribution in [1.29, 1.82) is 0 Å². The molecule has 0 unspecified atom stereocenters. The first-order valence-corrected chi connectivity index (χ1v) is 7.27. The van der Waals surface area contributed by atoms with Crippen LogP contribution in [0.25, 0.3) is 11.4 Å². The second-order valence-corrected chi connectivity index (χ2v) is 5.85. The lowest BCUT2D eigenvalue weighted by molar-refractivity contribution is -0.187. The first-order valence-electron chi connectivity index (χ1n) is 6.90. The molecule has 1 aliphatic rings. The van der Waals surface area contributed by atoms with E-state index >= 15 is 0 Å². The highest BCUT2D eigenvalue weighted by atomic mass is 35.5. The molecule has 0 saturated carbocycles. The zero-order chi connectivity index (χ0) is 17.5. The minimum atomic E-state index is -4.62. The number of anilines is 1. The molecule has 1 N–H and O–H groups in total. The van der Waals surface area contributed by atoms with Crippen molar-refractivity contribution in [1.82, 2.24) is 10.1 Å². The van der Waals surface area contributed by atoms with Crippen LogP contribution in [-0.2, 0) is 4.79 Å². The van der Waals surface area contributed by atoms with Crippen LogP contribution in [0.2, 0.25) is 5.02 Å². The molecule has 24 heavy (non-hydrogen) atoms. The van der Waals surface area contributed by atoms with Gasteiger partial charge in [0, 0.05) is 23.7 Å². The minimum absolute atomic E-state index is 0.150. The Morgan fingerprint density at radius 3 is 2.71 bits per heavy atom. The van der Waals surface area contributed by atoms with E-state index in [0.29, 0.717) is 10.6 Å². The minimum Gasteiger partial charge on any atom is -0.481 e. The zero-order valence-electron chi connectivity index (χ0n) is 12.0. The molecule has 128 valence electrons. The molecule has 0 radical (unpaired) electrons. The molecule has 0 bridgehead atoms. The van der Waals surface area contributed by atoms with E-state index in [1.807, 2.05) is 0 Å². The second kappa shape index (κ2) is 5.97. The van der Waals surface area contributed by atoms with Gasteiger partial charge in [0.15, 0.2) is 0 Å². The van der Waals surface area contributed by atoms with Crippen LogP contribution in [-0.4, -0.2) is 40.5 Å². The molecule has 2 heterocycles. The summed E-state index contributed by atoms with van der Waals surface area (Å²) in [5.74, 6) is -4.91. The van der Waals surface area contributed by atoms with Gasteiger partial charge >= 0.3 is 18.2 Å². The summed E-state index contributed by atoms with van der Waals surface area (Å²) in [7, 11) is 0. The van der Waals surface area contributed by atoms with Gasteiger partial charge in [-0.05, 0) is 12.1 Å². The Bertz CT molecular complexity index is 765. The van der Waals surface area contributed by atoms with Crippen LogP contribution in [0.15, 0.2) is 28.8 Å². The average Bonchev–Trinajstić information content (AvgIpc) is 3.13. The van der Waals surface area contributed by atoms with Gasteiger partial charge in [0.1, 0.15) is 0 Å². The fourth-order valence-corrected chi connectivity index (χ4v) is 2.82. The van der Waals surface area contributed by atoms with E-state index in [-0.39, 0.29) is 18.4 Å². The molecule has 10 heteroatoms. The monoisotopic (exact) mass is 361 g/mol. The summed E-state index contributed by atoms with van der Waals surface area (Å²) in [5.41, 5.74) is 0.541. The van der Waals surface area contributed by atoms with Crippen LogP contribution in [0, 0.1) is 11.8 Å². The standard InChI is InChI=1S/C14H11ClF3N3O3/c15-8-3-1-2-7(4-8)11-19-13(24-20-11)21-5-9(12(22)23)10(6-21)14(16,17)18/h1-4,9-10H,5-6H2,(H,22,23)/t9-,10-/m1/s1. The van der Waals surface area contributed by atoms with E-state index in [0.717, 1.165) is 4.90 Å². The molecule has 1 aliphatic heterocycles. The van der Waals surface area contributed by atoms with Gasteiger partial charge < -0.3 is 14.5 Å². The van der Waals surface area contributed by atoms with E-state index in [1.54, 1.807) is 24.3 Å². The second-order valence-electron chi connectivity index (χ2n) is 5.41. The van der Waals surface area contributed by atoms with E-state index in [2.05, 4.69) is 10.1 Å². The lowest BCUT2D eigenvalue weighted by atomic mass is 9.96. The molecule has 1 fully saturated rings. The molecule has 3 rings (SSSR count). The molecule has 2 aromatic rings. The topological polar surface area (TPSA) is 79.5 Å². The number of carboxylic acid groups (broad SMARTS) is 1. The van der Waals surface area contributed by atoms with E-state index in [9.17, 15) is 18.0 Å². The number of benzene rings is 1. The van der Waals surface area contributed by atoms with Crippen LogP contribution in [0.5, 0.6) is 0 Å². The Balaban J connectivity index is 1.84. The van der Waals surface area contributed by atoms with Crippen molar-refractivity contribution in [2.75, 3.05) is 18.0 Å². The number of hydrogen-bond acceptors (Lipinski definition) is 5. The predicted molar refractivity (Wildman–Crippen MR) is 77.6 cm³/mol. The number of hydrogen-bond donors (Lipinski definition) is 1. The highest BCUT2D eigenvalue weighted by molar-refractivity contribution is 6.30. The number of halogens is 4. The number of aliphatic carboxylic acids is 1. The number of alkyl halides is 3. The maximum Gasteiger partial charge on any atom is 0.394 e. The molecule has 0 aliphatic carbocycles. The number of nitrogens with zero attached hydrogens (tertiary/aromatic N) is 3. The van der Waals surface area contributed by atoms with Crippen LogP contribution in [0.3, 0.4) is 0 Å². The molecule has 6 nitrogen and oxygen atoms in total. The van der Waals surface area contributed by atoms with Crippen LogP contribution >= 0.6 is 11.6 Å². The Kier molecular flexibility index (Phi) is 4.12. The van der Waals surface area contributed by atoms with Gasteiger partial charge in [-0.2, -0.15) is 18.2 Å². The lowest BCUT2D eigenvalue weighted by Crippen LogP contribution is -2.33. The van der Waals surface area contributed by atoms with Gasteiger partial charge in [-0.25, -0.2) is 0 Å². The normalized spacial score (nSPS) is 21.2. The number of carbonyl (C=O) groups is 1. The predicted octanol–water partition coefficient (Wildman–Crippen LogP) is 3.09. The third kappa shape index (κ3) is 3.16. The summed E-state index contributed by atoms with van der Waals surface area (Å²) in [5, 5.41) is 13.2. The van der Waals surface area contributed by atoms with Crippen molar-refractivity contribution in [3.05, 3.63) is 29.3 Å². The van der Waals surface area contributed by atoms with Gasteiger partial charge in [0.2, 0.25) is 5.82 Å². The van der Waals surface area contributed by atoms with Crippen molar-refractivity contribution in [2.24, 2.45) is 11.8 Å². The molecule has 0 amide bonds.